The molecule has 8 aromatic rings. The maximum absolute atomic E-state index is 4.61. The highest BCUT2D eigenvalue weighted by Crippen LogP contribution is 2.27. The quantitative estimate of drug-likeness (QED) is 0.143. The molecule has 0 radical (unpaired) electrons. The highest BCUT2D eigenvalue weighted by Gasteiger charge is 2.11. The van der Waals surface area contributed by atoms with Gasteiger partial charge in [-0.1, -0.05) is 153 Å². The zero-order chi connectivity index (χ0) is 60.7. The number of aromatic nitrogens is 11. The predicted octanol–water partition coefficient (Wildman–Crippen LogP) is 18.7. The van der Waals surface area contributed by atoms with Crippen molar-refractivity contribution in [1.82, 2.24) is 55.5 Å². The largest absolute Gasteiger partial charge is 0.258 e. The van der Waals surface area contributed by atoms with Gasteiger partial charge in [-0.25, -0.2) is 19.9 Å². The SMILES string of the molecule is CC(C)c1ccccc1C(C)C.Cc1cc(C(C)C)c(C)nn1.Cc1cc(C)c(C(C)C)nn1.Cc1ccc(C(C)C)c(C)n1.Cc1nc(C)c(C(C)C)s1.Cc1nc2ccccc2nc1C(C)C.Cc1nnc(C(C)C)nc1C. The molecule has 0 spiro atoms. The van der Waals surface area contributed by atoms with Gasteiger partial charge in [0, 0.05) is 22.2 Å². The van der Waals surface area contributed by atoms with Crippen LogP contribution in [0.5, 0.6) is 0 Å². The van der Waals surface area contributed by atoms with Crippen LogP contribution in [-0.4, -0.2) is 55.5 Å². The molecule has 0 N–H and O–H groups in total. The van der Waals surface area contributed by atoms with Crippen LogP contribution >= 0.6 is 11.3 Å². The maximum atomic E-state index is 4.61. The number of pyridine rings is 1. The molecule has 0 amide bonds. The van der Waals surface area contributed by atoms with Gasteiger partial charge in [0.05, 0.1) is 67.3 Å². The topological polar surface area (TPSA) is 142 Å². The fourth-order valence-electron chi connectivity index (χ4n) is 8.67. The molecule has 0 aliphatic heterocycles. The Balaban J connectivity index is 0.000000320. The molecule has 80 heavy (non-hydrogen) atoms. The molecule has 0 atom stereocenters. The van der Waals surface area contributed by atoms with E-state index in [9.17, 15) is 0 Å². The number of hydrogen-bond donors (Lipinski definition) is 0. The zero-order valence-electron chi connectivity index (χ0n) is 54.4. The van der Waals surface area contributed by atoms with Gasteiger partial charge in [0.15, 0.2) is 5.82 Å². The average molecular weight is 1100 g/mol. The number of aryl methyl sites for hydroxylation is 11. The van der Waals surface area contributed by atoms with Crippen LogP contribution in [0.2, 0.25) is 0 Å². The highest BCUT2D eigenvalue weighted by atomic mass is 32.1. The van der Waals surface area contributed by atoms with Crippen molar-refractivity contribution in [2.24, 2.45) is 0 Å². The molecule has 434 valence electrons. The fraction of sp³-hybridized carbons (Fsp3) is 0.515. The fourth-order valence-corrected chi connectivity index (χ4v) is 9.60. The first-order chi connectivity index (χ1) is 37.4. The average Bonchev–Trinajstić information content (AvgIpc) is 3.73. The maximum Gasteiger partial charge on any atom is 0.153 e. The van der Waals surface area contributed by atoms with E-state index in [1.165, 1.54) is 49.1 Å². The van der Waals surface area contributed by atoms with E-state index < -0.39 is 0 Å². The van der Waals surface area contributed by atoms with Gasteiger partial charge in [-0.3, -0.25) is 4.98 Å². The Morgan fingerprint density at radius 3 is 1.20 bits per heavy atom. The molecule has 0 saturated heterocycles. The van der Waals surface area contributed by atoms with Crippen molar-refractivity contribution < 1.29 is 0 Å². The van der Waals surface area contributed by atoms with Crippen molar-refractivity contribution in [3.63, 3.8) is 0 Å². The Bertz CT molecular complexity index is 3030. The van der Waals surface area contributed by atoms with Crippen molar-refractivity contribution in [2.75, 3.05) is 0 Å². The van der Waals surface area contributed by atoms with Gasteiger partial charge >= 0.3 is 0 Å². The molecule has 6 aromatic heterocycles. The van der Waals surface area contributed by atoms with E-state index >= 15 is 0 Å². The first-order valence-corrected chi connectivity index (χ1v) is 29.7. The Labute approximate surface area is 488 Å². The summed E-state index contributed by atoms with van der Waals surface area (Å²) in [6.45, 7) is 57.0. The Kier molecular flexibility index (Phi) is 29.8. The molecule has 8 rings (SSSR count). The highest BCUT2D eigenvalue weighted by molar-refractivity contribution is 7.11. The predicted molar refractivity (Wildman–Crippen MR) is 341 cm³/mol. The van der Waals surface area contributed by atoms with Crippen molar-refractivity contribution in [3.05, 3.63) is 179 Å². The molecule has 2 aromatic carbocycles. The number of nitrogens with zero attached hydrogens (tertiary/aromatic N) is 11. The van der Waals surface area contributed by atoms with E-state index in [0.717, 1.165) is 68.1 Å². The molecular weight excluding hydrogens is 1000 g/mol. The molecule has 12 heteroatoms. The third kappa shape index (κ3) is 23.4. The standard InChI is InChI=1S/C12H14N2.C12H18.C10H15N.2C9H14N2.C8H13N3.C8H13NS/c1-8(2)12-9(3)13-10-6-4-5-7-11(10)14-12;1-9(2)11-7-5-6-8-12(11)10(3)4;1-7(2)10-6-5-8(3)11-9(10)4;1-6(2)9-5-7(3)10-11-8(9)4;1-6(2)9-7(3)5-8(4)10-11-9;1-5(2)8-9-6(3)7(4)10-11-8;1-5(2)8-6(3)9-7(4)10-8/h4-8H,1-3H3;5-10H,1-4H3;5-7H,1-4H3;2*5-6H,1-4H3;5H,1-4H3;5H,1-4H3. The van der Waals surface area contributed by atoms with Crippen molar-refractivity contribution in [3.8, 4) is 0 Å². The van der Waals surface area contributed by atoms with E-state index in [-0.39, 0.29) is 0 Å². The van der Waals surface area contributed by atoms with Crippen LogP contribution < -0.4 is 0 Å². The first kappa shape index (κ1) is 69.8. The molecule has 0 bridgehead atoms. The summed E-state index contributed by atoms with van der Waals surface area (Å²) in [4.78, 5) is 23.6. The van der Waals surface area contributed by atoms with Gasteiger partial charge < -0.3 is 0 Å². The molecule has 0 unspecified atom stereocenters. The van der Waals surface area contributed by atoms with Gasteiger partial charge in [-0.15, -0.1) is 16.4 Å². The van der Waals surface area contributed by atoms with Crippen LogP contribution in [0.25, 0.3) is 11.0 Å². The number of benzene rings is 2. The van der Waals surface area contributed by atoms with Gasteiger partial charge in [0.1, 0.15) is 0 Å². The van der Waals surface area contributed by atoms with Crippen LogP contribution in [0, 0.1) is 76.2 Å². The third-order valence-electron chi connectivity index (χ3n) is 13.0. The smallest absolute Gasteiger partial charge is 0.153 e. The van der Waals surface area contributed by atoms with E-state index in [0.29, 0.717) is 47.3 Å². The summed E-state index contributed by atoms with van der Waals surface area (Å²) in [6.07, 6.45) is 0. The minimum atomic E-state index is 0.363. The van der Waals surface area contributed by atoms with Crippen molar-refractivity contribution >= 4 is 22.4 Å². The molecule has 0 aliphatic carbocycles. The lowest BCUT2D eigenvalue weighted by Crippen LogP contribution is -2.03. The van der Waals surface area contributed by atoms with Gasteiger partial charge in [-0.05, 0) is 176 Å². The number of thiazole rings is 1. The van der Waals surface area contributed by atoms with E-state index in [4.69, 9.17) is 0 Å². The third-order valence-corrected chi connectivity index (χ3v) is 14.4. The van der Waals surface area contributed by atoms with Gasteiger partial charge in [0.2, 0.25) is 0 Å². The van der Waals surface area contributed by atoms with Crippen LogP contribution in [0.15, 0.2) is 72.8 Å². The minimum Gasteiger partial charge on any atom is -0.258 e. The van der Waals surface area contributed by atoms with Gasteiger partial charge in [-0.2, -0.15) is 25.5 Å². The second-order valence-corrected chi connectivity index (χ2v) is 24.5. The van der Waals surface area contributed by atoms with Crippen LogP contribution in [0.1, 0.15) is 264 Å². The monoisotopic (exact) mass is 1100 g/mol. The van der Waals surface area contributed by atoms with Crippen molar-refractivity contribution in [2.45, 2.75) is 234 Å². The Hall–Kier alpha value is -6.27. The van der Waals surface area contributed by atoms with E-state index in [1.54, 1.807) is 0 Å². The Morgan fingerprint density at radius 2 is 0.787 bits per heavy atom. The minimum absolute atomic E-state index is 0.363. The number of para-hydroxylation sites is 2. The lowest BCUT2D eigenvalue weighted by atomic mass is 9.91. The molecule has 6 heterocycles. The lowest BCUT2D eigenvalue weighted by molar-refractivity contribution is 0.715. The molecule has 0 fully saturated rings. The van der Waals surface area contributed by atoms with Crippen LogP contribution in [0.3, 0.4) is 0 Å². The normalized spacial score (nSPS) is 10.8. The number of hydrogen-bond acceptors (Lipinski definition) is 12. The van der Waals surface area contributed by atoms with E-state index in [2.05, 4.69) is 243 Å². The van der Waals surface area contributed by atoms with Crippen LogP contribution in [0.4, 0.5) is 0 Å². The molecular formula is C68H101N11S. The Morgan fingerprint density at radius 1 is 0.300 bits per heavy atom. The zero-order valence-corrected chi connectivity index (χ0v) is 55.2. The summed E-state index contributed by atoms with van der Waals surface area (Å²) >= 11 is 1.81. The summed E-state index contributed by atoms with van der Waals surface area (Å²) in [5, 5.41) is 25.3. The molecule has 0 aliphatic rings. The summed E-state index contributed by atoms with van der Waals surface area (Å²) < 4.78 is 0. The second kappa shape index (κ2) is 34.1. The number of fused-ring (bicyclic) bond motifs is 1. The molecule has 0 saturated carbocycles. The second-order valence-electron chi connectivity index (χ2n) is 23.3. The lowest BCUT2D eigenvalue weighted by Gasteiger charge is -2.14. The van der Waals surface area contributed by atoms with Crippen molar-refractivity contribution in [1.29, 1.82) is 0 Å². The first-order valence-electron chi connectivity index (χ1n) is 28.9. The summed E-state index contributed by atoms with van der Waals surface area (Å²) in [7, 11) is 0. The molecule has 11 nitrogen and oxygen atoms in total. The number of rotatable bonds is 8. The summed E-state index contributed by atoms with van der Waals surface area (Å²) in [5.74, 6) is 5.15. The summed E-state index contributed by atoms with van der Waals surface area (Å²) in [5.41, 5.74) is 20.5. The van der Waals surface area contributed by atoms with E-state index in [1.807, 2.05) is 84.1 Å². The van der Waals surface area contributed by atoms with Crippen LogP contribution in [-0.2, 0) is 0 Å². The summed E-state index contributed by atoms with van der Waals surface area (Å²) in [6, 6.07) is 25.1. The van der Waals surface area contributed by atoms with Gasteiger partial charge in [0.25, 0.3) is 0 Å².